The van der Waals surface area contributed by atoms with Crippen LogP contribution < -0.4 is 14.2 Å². The van der Waals surface area contributed by atoms with Gasteiger partial charge in [0.1, 0.15) is 17.2 Å². The lowest BCUT2D eigenvalue weighted by Gasteiger charge is -2.10. The van der Waals surface area contributed by atoms with Gasteiger partial charge in [-0.2, -0.15) is 0 Å². The summed E-state index contributed by atoms with van der Waals surface area (Å²) in [5.74, 6) is 2.63. The second kappa shape index (κ2) is 9.97. The van der Waals surface area contributed by atoms with Gasteiger partial charge in [0.25, 0.3) is 0 Å². The van der Waals surface area contributed by atoms with E-state index in [1.165, 1.54) is 0 Å². The minimum Gasteiger partial charge on any atom is -0.494 e. The lowest BCUT2D eigenvalue weighted by molar-refractivity contribution is 0.338. The molecule has 0 aliphatic heterocycles. The molecular formula is C24H23NO3. The maximum Gasteiger partial charge on any atom is 0.225 e. The number of benzene rings is 3. The SMILES string of the molecule is CCOc1cccc(OC=C(C)/C(=N\c2ccccc2)Oc2ccccc2)c1. The lowest BCUT2D eigenvalue weighted by Crippen LogP contribution is -2.10. The Morgan fingerprint density at radius 1 is 0.821 bits per heavy atom. The second-order valence-corrected chi connectivity index (χ2v) is 5.99. The van der Waals surface area contributed by atoms with Crippen LogP contribution in [0, 0.1) is 0 Å². The van der Waals surface area contributed by atoms with Gasteiger partial charge in [-0.1, -0.05) is 42.5 Å². The lowest BCUT2D eigenvalue weighted by atomic mass is 10.3. The van der Waals surface area contributed by atoms with Crippen molar-refractivity contribution in [3.8, 4) is 17.2 Å². The predicted molar refractivity (Wildman–Crippen MR) is 113 cm³/mol. The summed E-state index contributed by atoms with van der Waals surface area (Å²) in [6.07, 6.45) is 1.63. The summed E-state index contributed by atoms with van der Waals surface area (Å²) in [7, 11) is 0. The molecule has 0 amide bonds. The predicted octanol–water partition coefficient (Wildman–Crippen LogP) is 6.18. The Labute approximate surface area is 165 Å². The highest BCUT2D eigenvalue weighted by Crippen LogP contribution is 2.21. The Morgan fingerprint density at radius 2 is 1.46 bits per heavy atom. The Kier molecular flexibility index (Phi) is 6.85. The third-order valence-electron chi connectivity index (χ3n) is 3.77. The molecule has 28 heavy (non-hydrogen) atoms. The zero-order valence-corrected chi connectivity index (χ0v) is 16.0. The fourth-order valence-corrected chi connectivity index (χ4v) is 2.42. The summed E-state index contributed by atoms with van der Waals surface area (Å²) in [5, 5.41) is 0. The van der Waals surface area contributed by atoms with Crippen LogP contribution in [0.5, 0.6) is 17.2 Å². The number of ether oxygens (including phenoxy) is 3. The molecule has 0 heterocycles. The monoisotopic (exact) mass is 373 g/mol. The van der Waals surface area contributed by atoms with E-state index in [1.807, 2.05) is 98.8 Å². The molecule has 0 bridgehead atoms. The van der Waals surface area contributed by atoms with E-state index in [0.717, 1.165) is 17.0 Å². The molecule has 0 atom stereocenters. The van der Waals surface area contributed by atoms with Crippen LogP contribution >= 0.6 is 0 Å². The van der Waals surface area contributed by atoms with E-state index in [4.69, 9.17) is 14.2 Å². The van der Waals surface area contributed by atoms with Gasteiger partial charge in [-0.3, -0.25) is 0 Å². The van der Waals surface area contributed by atoms with Crippen LogP contribution in [0.3, 0.4) is 0 Å². The highest BCUT2D eigenvalue weighted by molar-refractivity contribution is 5.96. The van der Waals surface area contributed by atoms with Crippen molar-refractivity contribution in [2.24, 2.45) is 4.99 Å². The Hall–Kier alpha value is -3.53. The van der Waals surface area contributed by atoms with Crippen LogP contribution in [-0.2, 0) is 0 Å². The van der Waals surface area contributed by atoms with Crippen molar-refractivity contribution in [2.45, 2.75) is 13.8 Å². The van der Waals surface area contributed by atoms with Crippen molar-refractivity contribution in [3.05, 3.63) is 96.8 Å². The van der Waals surface area contributed by atoms with Crippen LogP contribution in [0.4, 0.5) is 5.69 Å². The second-order valence-electron chi connectivity index (χ2n) is 5.99. The molecule has 3 rings (SSSR count). The normalized spacial score (nSPS) is 11.8. The van der Waals surface area contributed by atoms with Gasteiger partial charge in [-0.05, 0) is 50.2 Å². The Morgan fingerprint density at radius 3 is 2.18 bits per heavy atom. The molecule has 3 aromatic rings. The van der Waals surface area contributed by atoms with Crippen LogP contribution in [0.25, 0.3) is 0 Å². The van der Waals surface area contributed by atoms with Crippen LogP contribution in [0.15, 0.2) is 102 Å². The number of nitrogens with zero attached hydrogens (tertiary/aromatic N) is 1. The first-order valence-corrected chi connectivity index (χ1v) is 9.18. The molecule has 0 saturated heterocycles. The van der Waals surface area contributed by atoms with Gasteiger partial charge in [0.05, 0.1) is 18.6 Å². The Balaban J connectivity index is 1.83. The molecule has 0 aliphatic rings. The first-order valence-electron chi connectivity index (χ1n) is 9.18. The summed E-state index contributed by atoms with van der Waals surface area (Å²) in [4.78, 5) is 4.63. The van der Waals surface area contributed by atoms with E-state index < -0.39 is 0 Å². The smallest absolute Gasteiger partial charge is 0.225 e. The van der Waals surface area contributed by atoms with Crippen molar-refractivity contribution in [1.82, 2.24) is 0 Å². The number of para-hydroxylation sites is 2. The van der Waals surface area contributed by atoms with Gasteiger partial charge in [-0.25, -0.2) is 4.99 Å². The topological polar surface area (TPSA) is 40.0 Å². The third kappa shape index (κ3) is 5.74. The molecule has 0 radical (unpaired) electrons. The van der Waals surface area contributed by atoms with Gasteiger partial charge in [-0.15, -0.1) is 0 Å². The summed E-state index contributed by atoms with van der Waals surface area (Å²) in [6.45, 7) is 4.46. The molecule has 0 N–H and O–H groups in total. The van der Waals surface area contributed by atoms with Gasteiger partial charge in [0.2, 0.25) is 5.90 Å². The first-order chi connectivity index (χ1) is 13.7. The van der Waals surface area contributed by atoms with E-state index in [-0.39, 0.29) is 0 Å². The highest BCUT2D eigenvalue weighted by Gasteiger charge is 2.08. The van der Waals surface area contributed by atoms with Gasteiger partial charge < -0.3 is 14.2 Å². The summed E-state index contributed by atoms with van der Waals surface area (Å²) >= 11 is 0. The summed E-state index contributed by atoms with van der Waals surface area (Å²) in [5.41, 5.74) is 1.56. The summed E-state index contributed by atoms with van der Waals surface area (Å²) in [6, 6.07) is 26.7. The third-order valence-corrected chi connectivity index (χ3v) is 3.77. The molecule has 0 unspecified atom stereocenters. The highest BCUT2D eigenvalue weighted by atomic mass is 16.5. The van der Waals surface area contributed by atoms with Gasteiger partial charge >= 0.3 is 0 Å². The molecular weight excluding hydrogens is 350 g/mol. The molecule has 142 valence electrons. The zero-order chi connectivity index (χ0) is 19.6. The fourth-order valence-electron chi connectivity index (χ4n) is 2.42. The molecule has 0 fully saturated rings. The van der Waals surface area contributed by atoms with Crippen molar-refractivity contribution >= 4 is 11.6 Å². The van der Waals surface area contributed by atoms with E-state index in [2.05, 4.69) is 4.99 Å². The zero-order valence-electron chi connectivity index (χ0n) is 16.0. The minimum absolute atomic E-state index is 0.471. The van der Waals surface area contributed by atoms with Crippen molar-refractivity contribution < 1.29 is 14.2 Å². The Bertz CT molecular complexity index is 934. The first kappa shape index (κ1) is 19.2. The van der Waals surface area contributed by atoms with Crippen molar-refractivity contribution in [3.63, 3.8) is 0 Å². The average Bonchev–Trinajstić information content (AvgIpc) is 2.74. The molecule has 0 aromatic heterocycles. The van der Waals surface area contributed by atoms with Crippen LogP contribution in [0.1, 0.15) is 13.8 Å². The van der Waals surface area contributed by atoms with Crippen molar-refractivity contribution in [1.29, 1.82) is 0 Å². The molecule has 0 spiro atoms. The average molecular weight is 373 g/mol. The van der Waals surface area contributed by atoms with Crippen molar-refractivity contribution in [2.75, 3.05) is 6.61 Å². The van der Waals surface area contributed by atoms with E-state index in [1.54, 1.807) is 6.26 Å². The molecule has 4 nitrogen and oxygen atoms in total. The maximum absolute atomic E-state index is 6.01. The molecule has 3 aromatic carbocycles. The maximum atomic E-state index is 6.01. The number of rotatable bonds is 7. The standard InChI is InChI=1S/C24H23NO3/c1-3-26-22-15-10-16-23(17-22)27-18-19(2)24(25-20-11-6-4-7-12-20)28-21-13-8-5-9-14-21/h4-18H,3H2,1-2H3/b19-18?,25-24+. The molecule has 0 saturated carbocycles. The van der Waals surface area contributed by atoms with Gasteiger partial charge in [0, 0.05) is 11.6 Å². The fraction of sp³-hybridized carbons (Fsp3) is 0.125. The van der Waals surface area contributed by atoms with Crippen LogP contribution in [0.2, 0.25) is 0 Å². The molecule has 0 aliphatic carbocycles. The molecule has 4 heteroatoms. The van der Waals surface area contributed by atoms with E-state index in [0.29, 0.717) is 24.0 Å². The number of aliphatic imine (C=N–C) groups is 1. The largest absolute Gasteiger partial charge is 0.494 e. The van der Waals surface area contributed by atoms with E-state index in [9.17, 15) is 0 Å². The van der Waals surface area contributed by atoms with Gasteiger partial charge in [0.15, 0.2) is 0 Å². The number of hydrogen-bond acceptors (Lipinski definition) is 4. The quantitative estimate of drug-likeness (QED) is 0.282. The van der Waals surface area contributed by atoms with Crippen LogP contribution in [-0.4, -0.2) is 12.5 Å². The van der Waals surface area contributed by atoms with E-state index >= 15 is 0 Å². The number of hydrogen-bond donors (Lipinski definition) is 0. The minimum atomic E-state index is 0.471. The summed E-state index contributed by atoms with van der Waals surface area (Å²) < 4.78 is 17.3.